The van der Waals surface area contributed by atoms with Gasteiger partial charge >= 0.3 is 6.03 Å². The number of oxazole rings is 1. The van der Waals surface area contributed by atoms with E-state index in [0.29, 0.717) is 29.2 Å². The fourth-order valence-electron chi connectivity index (χ4n) is 2.69. The summed E-state index contributed by atoms with van der Waals surface area (Å²) in [4.78, 5) is 18.4. The second-order valence-corrected chi connectivity index (χ2v) is 6.72. The molecule has 27 heavy (non-hydrogen) atoms. The van der Waals surface area contributed by atoms with Crippen LogP contribution in [-0.4, -0.2) is 42.4 Å². The summed E-state index contributed by atoms with van der Waals surface area (Å²) in [5, 5.41) is 15.8. The Balaban J connectivity index is 1.58. The maximum Gasteiger partial charge on any atom is 0.319 e. The molecule has 2 amide bonds. The zero-order valence-corrected chi connectivity index (χ0v) is 15.6. The number of carbonyl (C=O) groups is 1. The molecule has 0 aliphatic rings. The highest BCUT2D eigenvalue weighted by Crippen LogP contribution is 2.23. The Morgan fingerprint density at radius 3 is 2.67 bits per heavy atom. The van der Waals surface area contributed by atoms with Gasteiger partial charge in [0.05, 0.1) is 12.1 Å². The number of amides is 2. The molecular weight excluding hydrogens is 344 g/mol. The van der Waals surface area contributed by atoms with Crippen LogP contribution >= 0.6 is 0 Å². The molecule has 3 aromatic rings. The summed E-state index contributed by atoms with van der Waals surface area (Å²) >= 11 is 0. The fraction of sp³-hybridized carbons (Fsp3) is 0.300. The van der Waals surface area contributed by atoms with E-state index in [-0.39, 0.29) is 6.03 Å². The number of benzene rings is 2. The second kappa shape index (κ2) is 8.09. The number of aromatic nitrogens is 1. The van der Waals surface area contributed by atoms with Crippen LogP contribution in [0.5, 0.6) is 0 Å². The second-order valence-electron chi connectivity index (χ2n) is 6.72. The number of anilines is 2. The van der Waals surface area contributed by atoms with Gasteiger partial charge in [-0.1, -0.05) is 30.3 Å². The van der Waals surface area contributed by atoms with Crippen molar-refractivity contribution in [3.05, 3.63) is 54.1 Å². The Morgan fingerprint density at radius 2 is 1.96 bits per heavy atom. The summed E-state index contributed by atoms with van der Waals surface area (Å²) in [7, 11) is 3.69. The normalized spacial score (nSPS) is 13.2. The van der Waals surface area contributed by atoms with E-state index in [9.17, 15) is 9.90 Å². The van der Waals surface area contributed by atoms with Crippen molar-refractivity contribution >= 4 is 28.8 Å². The average Bonchev–Trinajstić information content (AvgIpc) is 3.06. The van der Waals surface area contributed by atoms with Crippen LogP contribution in [0.3, 0.4) is 0 Å². The molecule has 0 bridgehead atoms. The molecule has 0 saturated heterocycles. The van der Waals surface area contributed by atoms with E-state index in [0.717, 1.165) is 5.56 Å². The molecule has 0 fully saturated rings. The first kappa shape index (κ1) is 18.7. The number of nitrogens with zero attached hydrogens (tertiary/aromatic N) is 2. The smallest absolute Gasteiger partial charge is 0.319 e. The summed E-state index contributed by atoms with van der Waals surface area (Å²) in [6, 6.07) is 14.7. The van der Waals surface area contributed by atoms with Gasteiger partial charge in [0.25, 0.3) is 6.01 Å². The minimum absolute atomic E-state index is 0.384. The van der Waals surface area contributed by atoms with Crippen LogP contribution < -0.4 is 15.5 Å². The summed E-state index contributed by atoms with van der Waals surface area (Å²) in [5.41, 5.74) is 2.93. The molecule has 7 heteroatoms. The Labute approximate surface area is 158 Å². The lowest BCUT2D eigenvalue weighted by Crippen LogP contribution is -2.44. The zero-order chi connectivity index (χ0) is 19.4. The summed E-state index contributed by atoms with van der Waals surface area (Å²) in [6.45, 7) is 1.78. The van der Waals surface area contributed by atoms with Crippen molar-refractivity contribution in [2.24, 2.45) is 0 Å². The number of aliphatic hydroxyl groups excluding tert-OH is 1. The van der Waals surface area contributed by atoms with E-state index in [1.165, 1.54) is 0 Å². The highest BCUT2D eigenvalue weighted by Gasteiger charge is 2.17. The minimum Gasteiger partial charge on any atom is -0.423 e. The van der Waals surface area contributed by atoms with Gasteiger partial charge in [0.15, 0.2) is 5.58 Å². The number of carbonyl (C=O) groups excluding carboxylic acids is 1. The van der Waals surface area contributed by atoms with Crippen LogP contribution in [0.15, 0.2) is 52.9 Å². The molecule has 3 N–H and O–H groups in total. The molecule has 3 rings (SSSR count). The fourth-order valence-corrected chi connectivity index (χ4v) is 2.69. The van der Waals surface area contributed by atoms with Gasteiger partial charge in [-0.2, -0.15) is 4.98 Å². The highest BCUT2D eigenvalue weighted by molar-refractivity contribution is 5.92. The molecule has 2 unspecified atom stereocenters. The van der Waals surface area contributed by atoms with Gasteiger partial charge < -0.3 is 25.1 Å². The predicted octanol–water partition coefficient (Wildman–Crippen LogP) is 3.01. The zero-order valence-electron chi connectivity index (χ0n) is 15.6. The number of rotatable bonds is 6. The average molecular weight is 368 g/mol. The van der Waals surface area contributed by atoms with E-state index in [1.54, 1.807) is 30.0 Å². The first-order valence-corrected chi connectivity index (χ1v) is 8.80. The Morgan fingerprint density at radius 1 is 1.22 bits per heavy atom. The first-order chi connectivity index (χ1) is 12.9. The van der Waals surface area contributed by atoms with Gasteiger partial charge in [0, 0.05) is 26.2 Å². The lowest BCUT2D eigenvalue weighted by atomic mass is 10.0. The van der Waals surface area contributed by atoms with Gasteiger partial charge in [-0.15, -0.1) is 0 Å². The number of hydrogen-bond donors (Lipinski definition) is 3. The van der Waals surface area contributed by atoms with Crippen molar-refractivity contribution in [3.8, 4) is 0 Å². The van der Waals surface area contributed by atoms with E-state index < -0.39 is 12.1 Å². The van der Waals surface area contributed by atoms with Crippen LogP contribution in [0.2, 0.25) is 0 Å². The number of hydrogen-bond acceptors (Lipinski definition) is 5. The number of aliphatic hydroxyl groups is 1. The molecular formula is C20H24N4O3. The molecule has 0 aliphatic carbocycles. The third kappa shape index (κ3) is 4.77. The molecule has 2 aromatic carbocycles. The standard InChI is InChI=1S/C20H24N4O3/c1-13(17(25)11-14-7-5-4-6-8-14)21-19(26)22-15-9-10-18-16(12-15)23-20(27-18)24(2)3/h4-10,12-13,17,25H,11H2,1-3H3,(H2,21,22,26). The van der Waals surface area contributed by atoms with Crippen LogP contribution in [0.4, 0.5) is 16.5 Å². The molecule has 0 aliphatic heterocycles. The number of nitrogens with one attached hydrogen (secondary N) is 2. The Kier molecular flexibility index (Phi) is 5.61. The minimum atomic E-state index is -0.682. The maximum atomic E-state index is 12.2. The quantitative estimate of drug-likeness (QED) is 0.622. The third-order valence-corrected chi connectivity index (χ3v) is 4.24. The molecule has 0 saturated carbocycles. The molecule has 1 aromatic heterocycles. The molecule has 1 heterocycles. The maximum absolute atomic E-state index is 12.2. The van der Waals surface area contributed by atoms with Gasteiger partial charge in [-0.3, -0.25) is 0 Å². The monoisotopic (exact) mass is 368 g/mol. The van der Waals surface area contributed by atoms with E-state index in [4.69, 9.17) is 4.42 Å². The van der Waals surface area contributed by atoms with E-state index in [1.807, 2.05) is 44.4 Å². The topological polar surface area (TPSA) is 90.6 Å². The van der Waals surface area contributed by atoms with Crippen molar-refractivity contribution in [2.45, 2.75) is 25.5 Å². The third-order valence-electron chi connectivity index (χ3n) is 4.24. The van der Waals surface area contributed by atoms with Gasteiger partial charge in [-0.25, -0.2) is 4.79 Å². The summed E-state index contributed by atoms with van der Waals surface area (Å²) in [5.74, 6) is 0. The summed E-state index contributed by atoms with van der Waals surface area (Å²) in [6.07, 6.45) is -0.209. The first-order valence-electron chi connectivity index (χ1n) is 8.80. The van der Waals surface area contributed by atoms with Gasteiger partial charge in [0.1, 0.15) is 5.52 Å². The van der Waals surface area contributed by atoms with Crippen LogP contribution in [0.25, 0.3) is 11.1 Å². The molecule has 7 nitrogen and oxygen atoms in total. The van der Waals surface area contributed by atoms with Gasteiger partial charge in [0.2, 0.25) is 0 Å². The SMILES string of the molecule is CC(NC(=O)Nc1ccc2oc(N(C)C)nc2c1)C(O)Cc1ccccc1. The number of urea groups is 1. The van der Waals surface area contributed by atoms with Crippen LogP contribution in [0, 0.1) is 0 Å². The van der Waals surface area contributed by atoms with E-state index >= 15 is 0 Å². The lowest BCUT2D eigenvalue weighted by Gasteiger charge is -2.20. The van der Waals surface area contributed by atoms with Crippen molar-refractivity contribution in [2.75, 3.05) is 24.3 Å². The van der Waals surface area contributed by atoms with Crippen molar-refractivity contribution in [1.29, 1.82) is 0 Å². The van der Waals surface area contributed by atoms with E-state index in [2.05, 4.69) is 15.6 Å². The Bertz CT molecular complexity index is 908. The predicted molar refractivity (Wildman–Crippen MR) is 106 cm³/mol. The van der Waals surface area contributed by atoms with Crippen LogP contribution in [0.1, 0.15) is 12.5 Å². The largest absolute Gasteiger partial charge is 0.423 e. The molecule has 0 spiro atoms. The molecule has 0 radical (unpaired) electrons. The lowest BCUT2D eigenvalue weighted by molar-refractivity contribution is 0.137. The highest BCUT2D eigenvalue weighted by atomic mass is 16.4. The molecule has 2 atom stereocenters. The van der Waals surface area contributed by atoms with Crippen LogP contribution in [-0.2, 0) is 6.42 Å². The van der Waals surface area contributed by atoms with Crippen molar-refractivity contribution in [3.63, 3.8) is 0 Å². The Hall–Kier alpha value is -3.06. The van der Waals surface area contributed by atoms with Gasteiger partial charge in [-0.05, 0) is 30.7 Å². The molecule has 142 valence electrons. The van der Waals surface area contributed by atoms with Crippen molar-refractivity contribution in [1.82, 2.24) is 10.3 Å². The summed E-state index contributed by atoms with van der Waals surface area (Å²) < 4.78 is 5.60. The van der Waals surface area contributed by atoms with Crippen molar-refractivity contribution < 1.29 is 14.3 Å². The number of fused-ring (bicyclic) bond motifs is 1.